The quantitative estimate of drug-likeness (QED) is 0.807. The highest BCUT2D eigenvalue weighted by molar-refractivity contribution is 5.34. The first-order chi connectivity index (χ1) is 13.2. The summed E-state index contributed by atoms with van der Waals surface area (Å²) in [4.78, 5) is 1.54. The molecule has 2 N–H and O–H groups in total. The van der Waals surface area contributed by atoms with Crippen molar-refractivity contribution in [3.63, 3.8) is 0 Å². The first kappa shape index (κ1) is 18.0. The second-order valence-corrected chi connectivity index (χ2v) is 10.2. The summed E-state index contributed by atoms with van der Waals surface area (Å²) in [5.74, 6) is 3.87. The average Bonchev–Trinajstić information content (AvgIpc) is 2.66. The van der Waals surface area contributed by atoms with Crippen molar-refractivity contribution in [2.45, 2.75) is 69.3 Å². The van der Waals surface area contributed by atoms with E-state index in [4.69, 9.17) is 4.74 Å². The summed E-state index contributed by atoms with van der Waals surface area (Å²) in [6.45, 7) is 3.65. The van der Waals surface area contributed by atoms with Crippen molar-refractivity contribution in [1.29, 1.82) is 0 Å². The highest BCUT2D eigenvalue weighted by Crippen LogP contribution is 2.60. The fourth-order valence-corrected chi connectivity index (χ4v) is 7.21. The standard InChI is InChI=1S/C24H35NO2/c26-22(16-25-8-2-1-3-9-25)17-27-23-6-4-21(5-7-23)24-13-18-10-19(14-24)12-20(11-18)15-24/h4-7,18-20,22,26H,1-3,8-17H2/p+1/t18?,19?,20?,22-,24?/m0/s1. The zero-order chi connectivity index (χ0) is 18.3. The molecule has 1 aromatic carbocycles. The molecule has 1 heterocycles. The molecular weight excluding hydrogens is 334 g/mol. The molecule has 3 nitrogen and oxygen atoms in total. The van der Waals surface area contributed by atoms with Crippen LogP contribution in [0.3, 0.4) is 0 Å². The van der Waals surface area contributed by atoms with E-state index in [1.54, 1.807) is 5.56 Å². The van der Waals surface area contributed by atoms with Gasteiger partial charge in [-0.05, 0) is 98.7 Å². The van der Waals surface area contributed by atoms with Gasteiger partial charge in [-0.15, -0.1) is 0 Å². The minimum atomic E-state index is -0.360. The summed E-state index contributed by atoms with van der Waals surface area (Å²) in [6.07, 6.45) is 12.3. The molecule has 0 radical (unpaired) electrons. The number of nitrogens with one attached hydrogen (secondary N) is 1. The molecule has 6 rings (SSSR count). The van der Waals surface area contributed by atoms with E-state index < -0.39 is 0 Å². The fourth-order valence-electron chi connectivity index (χ4n) is 7.21. The van der Waals surface area contributed by atoms with Gasteiger partial charge in [-0.25, -0.2) is 0 Å². The normalized spacial score (nSPS) is 36.7. The minimum Gasteiger partial charge on any atom is -0.491 e. The molecule has 27 heavy (non-hydrogen) atoms. The van der Waals surface area contributed by atoms with Gasteiger partial charge in [-0.2, -0.15) is 0 Å². The van der Waals surface area contributed by atoms with Crippen molar-refractivity contribution in [2.75, 3.05) is 26.2 Å². The first-order valence-corrected chi connectivity index (χ1v) is 11.4. The lowest BCUT2D eigenvalue weighted by molar-refractivity contribution is -0.908. The molecule has 1 saturated heterocycles. The smallest absolute Gasteiger partial charge is 0.137 e. The lowest BCUT2D eigenvalue weighted by atomic mass is 9.48. The Hall–Kier alpha value is -1.06. The number of ether oxygens (including phenoxy) is 1. The molecule has 4 aliphatic carbocycles. The topological polar surface area (TPSA) is 33.9 Å². The summed E-state index contributed by atoms with van der Waals surface area (Å²) in [7, 11) is 0. The molecular formula is C24H36NO2+. The second-order valence-electron chi connectivity index (χ2n) is 10.2. The Morgan fingerprint density at radius 1 is 0.926 bits per heavy atom. The van der Waals surface area contributed by atoms with Gasteiger partial charge in [0.1, 0.15) is 25.0 Å². The maximum atomic E-state index is 10.3. The van der Waals surface area contributed by atoms with E-state index in [2.05, 4.69) is 24.3 Å². The van der Waals surface area contributed by atoms with E-state index >= 15 is 0 Å². The van der Waals surface area contributed by atoms with Crippen LogP contribution in [0.25, 0.3) is 0 Å². The molecule has 1 aromatic rings. The lowest BCUT2D eigenvalue weighted by Crippen LogP contribution is -3.14. The van der Waals surface area contributed by atoms with Gasteiger partial charge in [-0.3, -0.25) is 0 Å². The third kappa shape index (κ3) is 3.78. The van der Waals surface area contributed by atoms with Gasteiger partial charge in [-0.1, -0.05) is 12.1 Å². The number of piperidine rings is 1. The van der Waals surface area contributed by atoms with Crippen molar-refractivity contribution in [3.05, 3.63) is 29.8 Å². The number of benzene rings is 1. The van der Waals surface area contributed by atoms with Crippen LogP contribution in [-0.4, -0.2) is 37.5 Å². The van der Waals surface area contributed by atoms with E-state index in [9.17, 15) is 5.11 Å². The third-order valence-electron chi connectivity index (χ3n) is 8.03. The highest BCUT2D eigenvalue weighted by atomic mass is 16.5. The van der Waals surface area contributed by atoms with E-state index in [1.165, 1.54) is 75.8 Å². The number of rotatable bonds is 6. The maximum absolute atomic E-state index is 10.3. The molecule has 4 saturated carbocycles. The number of aliphatic hydroxyl groups is 1. The predicted octanol–water partition coefficient (Wildman–Crippen LogP) is 2.96. The number of aliphatic hydroxyl groups excluding tert-OH is 1. The Kier molecular flexibility index (Phi) is 4.94. The second kappa shape index (κ2) is 7.40. The van der Waals surface area contributed by atoms with Crippen LogP contribution in [-0.2, 0) is 5.41 Å². The van der Waals surface area contributed by atoms with Crippen LogP contribution in [0.4, 0.5) is 0 Å². The Labute approximate surface area is 164 Å². The minimum absolute atomic E-state index is 0.360. The zero-order valence-corrected chi connectivity index (χ0v) is 16.7. The van der Waals surface area contributed by atoms with Gasteiger partial charge in [0.15, 0.2) is 0 Å². The van der Waals surface area contributed by atoms with Gasteiger partial charge in [0.2, 0.25) is 0 Å². The molecule has 0 aromatic heterocycles. The van der Waals surface area contributed by atoms with Crippen molar-refractivity contribution < 1.29 is 14.7 Å². The van der Waals surface area contributed by atoms with Crippen LogP contribution in [0, 0.1) is 17.8 Å². The molecule has 1 atom stereocenters. The molecule has 0 unspecified atom stereocenters. The van der Waals surface area contributed by atoms with Crippen molar-refractivity contribution in [1.82, 2.24) is 0 Å². The summed E-state index contributed by atoms with van der Waals surface area (Å²) >= 11 is 0. The van der Waals surface area contributed by atoms with Gasteiger partial charge >= 0.3 is 0 Å². The SMILES string of the molecule is O[C@H](COc1ccc(C23CC4CC(CC(C4)C2)C3)cc1)C[NH+]1CCCCC1. The molecule has 5 aliphatic rings. The summed E-state index contributed by atoms with van der Waals surface area (Å²) in [5, 5.41) is 10.3. The van der Waals surface area contributed by atoms with Crippen LogP contribution >= 0.6 is 0 Å². The summed E-state index contributed by atoms with van der Waals surface area (Å²) in [6, 6.07) is 8.94. The largest absolute Gasteiger partial charge is 0.491 e. The van der Waals surface area contributed by atoms with Crippen LogP contribution in [0.2, 0.25) is 0 Å². The fraction of sp³-hybridized carbons (Fsp3) is 0.750. The Morgan fingerprint density at radius 2 is 1.52 bits per heavy atom. The number of hydrogen-bond donors (Lipinski definition) is 2. The monoisotopic (exact) mass is 370 g/mol. The third-order valence-corrected chi connectivity index (χ3v) is 8.03. The molecule has 0 spiro atoms. The lowest BCUT2D eigenvalue weighted by Gasteiger charge is -2.57. The van der Waals surface area contributed by atoms with E-state index in [0.717, 1.165) is 30.0 Å². The predicted molar refractivity (Wildman–Crippen MR) is 107 cm³/mol. The molecule has 1 aliphatic heterocycles. The number of quaternary nitrogens is 1. The molecule has 3 heteroatoms. The number of hydrogen-bond acceptors (Lipinski definition) is 2. The van der Waals surface area contributed by atoms with Crippen molar-refractivity contribution in [3.8, 4) is 5.75 Å². The molecule has 4 bridgehead atoms. The highest BCUT2D eigenvalue weighted by Gasteiger charge is 2.51. The summed E-state index contributed by atoms with van der Waals surface area (Å²) in [5.41, 5.74) is 2.01. The first-order valence-electron chi connectivity index (χ1n) is 11.4. The van der Waals surface area contributed by atoms with Gasteiger partial charge < -0.3 is 14.7 Å². The molecule has 148 valence electrons. The van der Waals surface area contributed by atoms with Gasteiger partial charge in [0.05, 0.1) is 13.1 Å². The molecule has 5 fully saturated rings. The Morgan fingerprint density at radius 3 is 2.11 bits per heavy atom. The average molecular weight is 371 g/mol. The van der Waals surface area contributed by atoms with Crippen LogP contribution in [0.1, 0.15) is 63.4 Å². The van der Waals surface area contributed by atoms with E-state index in [0.29, 0.717) is 12.0 Å². The number of likely N-dealkylation sites (tertiary alicyclic amines) is 1. The molecule has 0 amide bonds. The Bertz CT molecular complexity index is 599. The van der Waals surface area contributed by atoms with E-state index in [1.807, 2.05) is 0 Å². The van der Waals surface area contributed by atoms with Crippen molar-refractivity contribution in [2.24, 2.45) is 17.8 Å². The van der Waals surface area contributed by atoms with Gasteiger partial charge in [0, 0.05) is 0 Å². The maximum Gasteiger partial charge on any atom is 0.137 e. The van der Waals surface area contributed by atoms with E-state index in [-0.39, 0.29) is 6.10 Å². The van der Waals surface area contributed by atoms with Crippen LogP contribution in [0.5, 0.6) is 5.75 Å². The summed E-state index contributed by atoms with van der Waals surface area (Å²) < 4.78 is 5.92. The van der Waals surface area contributed by atoms with Crippen LogP contribution in [0.15, 0.2) is 24.3 Å². The van der Waals surface area contributed by atoms with Crippen molar-refractivity contribution >= 4 is 0 Å². The Balaban J connectivity index is 1.17. The zero-order valence-electron chi connectivity index (χ0n) is 16.7. The van der Waals surface area contributed by atoms with Crippen LogP contribution < -0.4 is 9.64 Å². The van der Waals surface area contributed by atoms with Gasteiger partial charge in [0.25, 0.3) is 0 Å².